The molecule has 1 saturated heterocycles. The summed E-state index contributed by atoms with van der Waals surface area (Å²) < 4.78 is 0. The number of nitrogens with zero attached hydrogens (tertiary/aromatic N) is 2. The molecule has 1 aliphatic heterocycles. The molecule has 1 fully saturated rings. The Bertz CT molecular complexity index is 554. The van der Waals surface area contributed by atoms with Crippen molar-refractivity contribution in [2.75, 3.05) is 6.54 Å². The third kappa shape index (κ3) is 3.09. The average molecular weight is 274 g/mol. The minimum atomic E-state index is -1.01. The summed E-state index contributed by atoms with van der Waals surface area (Å²) in [5.41, 5.74) is 0.382. The standard InChI is InChI=1S/C14H14N2O4/c17-12(10-3-1-7-15-9-10)5-6-13(18)16-8-2-4-11(16)14(19)20/h1,3,5-7,9,11H,2,4,8H2,(H,19,20)/t11-/m0/s1. The van der Waals surface area contributed by atoms with E-state index in [0.29, 0.717) is 24.9 Å². The summed E-state index contributed by atoms with van der Waals surface area (Å²) >= 11 is 0. The molecule has 1 aromatic rings. The lowest BCUT2D eigenvalue weighted by Crippen LogP contribution is -2.39. The van der Waals surface area contributed by atoms with Crippen molar-refractivity contribution in [3.05, 3.63) is 42.2 Å². The maximum Gasteiger partial charge on any atom is 0.326 e. The van der Waals surface area contributed by atoms with E-state index in [1.54, 1.807) is 18.3 Å². The topological polar surface area (TPSA) is 87.6 Å². The van der Waals surface area contributed by atoms with Gasteiger partial charge in [-0.15, -0.1) is 0 Å². The number of rotatable bonds is 4. The van der Waals surface area contributed by atoms with E-state index in [4.69, 9.17) is 5.11 Å². The van der Waals surface area contributed by atoms with Gasteiger partial charge >= 0.3 is 5.97 Å². The Morgan fingerprint density at radius 3 is 2.80 bits per heavy atom. The maximum atomic E-state index is 11.9. The van der Waals surface area contributed by atoms with Crippen LogP contribution in [0.1, 0.15) is 23.2 Å². The number of aromatic nitrogens is 1. The minimum absolute atomic E-state index is 0.336. The zero-order valence-electron chi connectivity index (χ0n) is 10.7. The summed E-state index contributed by atoms with van der Waals surface area (Å²) in [7, 11) is 0. The molecule has 2 rings (SSSR count). The number of pyridine rings is 1. The van der Waals surface area contributed by atoms with E-state index in [-0.39, 0.29) is 5.78 Å². The van der Waals surface area contributed by atoms with E-state index in [2.05, 4.69) is 4.98 Å². The molecule has 1 aliphatic rings. The van der Waals surface area contributed by atoms with E-state index in [9.17, 15) is 14.4 Å². The van der Waals surface area contributed by atoms with Gasteiger partial charge in [0.25, 0.3) is 0 Å². The van der Waals surface area contributed by atoms with Gasteiger partial charge in [-0.1, -0.05) is 0 Å². The third-order valence-electron chi connectivity index (χ3n) is 3.14. The summed E-state index contributed by atoms with van der Waals surface area (Å²) in [6.07, 6.45) is 6.34. The highest BCUT2D eigenvalue weighted by atomic mass is 16.4. The number of amides is 1. The molecule has 0 aliphatic carbocycles. The van der Waals surface area contributed by atoms with Crippen molar-refractivity contribution in [3.63, 3.8) is 0 Å². The van der Waals surface area contributed by atoms with Crippen LogP contribution in [0, 0.1) is 0 Å². The van der Waals surface area contributed by atoms with Crippen LogP contribution in [0.25, 0.3) is 0 Å². The number of hydrogen-bond acceptors (Lipinski definition) is 4. The van der Waals surface area contributed by atoms with Crippen LogP contribution in [-0.4, -0.2) is 45.2 Å². The molecule has 20 heavy (non-hydrogen) atoms. The Morgan fingerprint density at radius 2 is 2.15 bits per heavy atom. The SMILES string of the molecule is O=C(C=CC(=O)N1CCC[C@H]1C(=O)O)c1cccnc1. The van der Waals surface area contributed by atoms with Gasteiger partial charge in [-0.25, -0.2) is 4.79 Å². The summed E-state index contributed by atoms with van der Waals surface area (Å²) in [4.78, 5) is 39.7. The number of allylic oxidation sites excluding steroid dienone is 1. The van der Waals surface area contributed by atoms with E-state index in [1.807, 2.05) is 0 Å². The normalized spacial score (nSPS) is 18.4. The quantitative estimate of drug-likeness (QED) is 0.651. The number of carbonyl (C=O) groups is 3. The van der Waals surface area contributed by atoms with Gasteiger partial charge in [0.2, 0.25) is 5.91 Å². The van der Waals surface area contributed by atoms with Crippen molar-refractivity contribution in [1.82, 2.24) is 9.88 Å². The smallest absolute Gasteiger partial charge is 0.326 e. The zero-order chi connectivity index (χ0) is 14.5. The Morgan fingerprint density at radius 1 is 1.35 bits per heavy atom. The van der Waals surface area contributed by atoms with Crippen LogP contribution in [0.3, 0.4) is 0 Å². The summed E-state index contributed by atoms with van der Waals surface area (Å²) in [5, 5.41) is 8.99. The number of ketones is 1. The molecule has 104 valence electrons. The Labute approximate surface area is 115 Å². The largest absolute Gasteiger partial charge is 0.480 e. The van der Waals surface area contributed by atoms with Crippen molar-refractivity contribution in [1.29, 1.82) is 0 Å². The molecular weight excluding hydrogens is 260 g/mol. The number of carboxylic acid groups (broad SMARTS) is 1. The Balaban J connectivity index is 2.02. The fourth-order valence-corrected chi connectivity index (χ4v) is 2.13. The Kier molecular flexibility index (Phi) is 4.24. The van der Waals surface area contributed by atoms with E-state index in [0.717, 1.165) is 12.2 Å². The predicted octanol–water partition coefficient (Wildman–Crippen LogP) is 0.896. The lowest BCUT2D eigenvalue weighted by molar-refractivity contribution is -0.146. The highest BCUT2D eigenvalue weighted by molar-refractivity contribution is 6.07. The van der Waals surface area contributed by atoms with Crippen molar-refractivity contribution < 1.29 is 19.5 Å². The first-order valence-corrected chi connectivity index (χ1v) is 6.25. The molecule has 6 nitrogen and oxygen atoms in total. The summed E-state index contributed by atoms with van der Waals surface area (Å²) in [6.45, 7) is 0.404. The lowest BCUT2D eigenvalue weighted by Gasteiger charge is -2.19. The number of hydrogen-bond donors (Lipinski definition) is 1. The minimum Gasteiger partial charge on any atom is -0.480 e. The van der Waals surface area contributed by atoms with Gasteiger partial charge in [0.1, 0.15) is 6.04 Å². The highest BCUT2D eigenvalue weighted by Crippen LogP contribution is 2.17. The molecule has 2 heterocycles. The third-order valence-corrected chi connectivity index (χ3v) is 3.14. The van der Waals surface area contributed by atoms with Crippen molar-refractivity contribution >= 4 is 17.7 Å². The second-order valence-electron chi connectivity index (χ2n) is 4.47. The summed E-state index contributed by atoms with van der Waals surface area (Å²) in [5.74, 6) is -1.80. The predicted molar refractivity (Wildman–Crippen MR) is 70.1 cm³/mol. The molecule has 1 amide bonds. The van der Waals surface area contributed by atoms with Gasteiger partial charge in [-0.2, -0.15) is 0 Å². The molecule has 1 N–H and O–H groups in total. The van der Waals surface area contributed by atoms with Gasteiger partial charge in [0.15, 0.2) is 5.78 Å². The van der Waals surface area contributed by atoms with Crippen LogP contribution in [-0.2, 0) is 9.59 Å². The fraction of sp³-hybridized carbons (Fsp3) is 0.286. The zero-order valence-corrected chi connectivity index (χ0v) is 10.7. The molecule has 0 aromatic carbocycles. The van der Waals surface area contributed by atoms with Crippen LogP contribution < -0.4 is 0 Å². The maximum absolute atomic E-state index is 11.9. The van der Waals surface area contributed by atoms with Crippen LogP contribution in [0.4, 0.5) is 0 Å². The molecule has 0 spiro atoms. The molecule has 1 atom stereocenters. The van der Waals surface area contributed by atoms with Gasteiger partial charge in [0.05, 0.1) is 0 Å². The first-order chi connectivity index (χ1) is 9.59. The van der Waals surface area contributed by atoms with Crippen LogP contribution in [0.2, 0.25) is 0 Å². The van der Waals surface area contributed by atoms with E-state index < -0.39 is 17.9 Å². The van der Waals surface area contributed by atoms with Gasteiger partial charge in [-0.05, 0) is 31.1 Å². The first kappa shape index (κ1) is 13.9. The number of aliphatic carboxylic acids is 1. The molecular formula is C14H14N2O4. The van der Waals surface area contributed by atoms with Crippen LogP contribution in [0.5, 0.6) is 0 Å². The second-order valence-corrected chi connectivity index (χ2v) is 4.47. The number of carboxylic acids is 1. The number of likely N-dealkylation sites (tertiary alicyclic amines) is 1. The van der Waals surface area contributed by atoms with Crippen molar-refractivity contribution in [3.8, 4) is 0 Å². The number of carbonyl (C=O) groups excluding carboxylic acids is 2. The fourth-order valence-electron chi connectivity index (χ4n) is 2.13. The summed E-state index contributed by atoms with van der Waals surface area (Å²) in [6, 6.07) is 2.44. The molecule has 0 radical (unpaired) electrons. The molecule has 1 aromatic heterocycles. The second kappa shape index (κ2) is 6.10. The first-order valence-electron chi connectivity index (χ1n) is 6.25. The molecule has 6 heteroatoms. The molecule has 0 saturated carbocycles. The van der Waals surface area contributed by atoms with Crippen molar-refractivity contribution in [2.24, 2.45) is 0 Å². The monoisotopic (exact) mass is 274 g/mol. The van der Waals surface area contributed by atoms with Crippen LogP contribution in [0.15, 0.2) is 36.7 Å². The van der Waals surface area contributed by atoms with Crippen LogP contribution >= 0.6 is 0 Å². The van der Waals surface area contributed by atoms with Crippen molar-refractivity contribution in [2.45, 2.75) is 18.9 Å². The Hall–Kier alpha value is -2.50. The van der Waals surface area contributed by atoms with E-state index >= 15 is 0 Å². The molecule has 0 unspecified atom stereocenters. The lowest BCUT2D eigenvalue weighted by atomic mass is 10.2. The average Bonchev–Trinajstić information content (AvgIpc) is 2.95. The van der Waals surface area contributed by atoms with Gasteiger partial charge in [-0.3, -0.25) is 14.6 Å². The van der Waals surface area contributed by atoms with E-state index in [1.165, 1.54) is 11.1 Å². The highest BCUT2D eigenvalue weighted by Gasteiger charge is 2.32. The van der Waals surface area contributed by atoms with Gasteiger partial charge in [0, 0.05) is 30.6 Å². The molecule has 0 bridgehead atoms. The van der Waals surface area contributed by atoms with Gasteiger partial charge < -0.3 is 10.0 Å².